The zero-order valence-electron chi connectivity index (χ0n) is 15.6. The second-order valence-electron chi connectivity index (χ2n) is 7.21. The van der Waals surface area contributed by atoms with Crippen molar-refractivity contribution in [2.24, 2.45) is 0 Å². The average molecular weight is 384 g/mol. The van der Waals surface area contributed by atoms with Gasteiger partial charge in [0, 0.05) is 18.2 Å². The van der Waals surface area contributed by atoms with E-state index < -0.39 is 36.6 Å². The van der Waals surface area contributed by atoms with E-state index in [9.17, 15) is 13.6 Å². The van der Waals surface area contributed by atoms with E-state index in [1.165, 1.54) is 6.92 Å². The highest BCUT2D eigenvalue weighted by atomic mass is 32.2. The SMILES string of the molecule is CC(=O)SCC(=Cc1cc(F)c(CO)c(F)c1)B1OC(C)(C)C(C)(C)O1. The number of hydrogen-bond acceptors (Lipinski definition) is 5. The van der Waals surface area contributed by atoms with E-state index in [0.29, 0.717) is 5.47 Å². The van der Waals surface area contributed by atoms with Crippen molar-refractivity contribution >= 4 is 30.1 Å². The second kappa shape index (κ2) is 7.80. The minimum atomic E-state index is -0.828. The van der Waals surface area contributed by atoms with Gasteiger partial charge in [-0.05, 0) is 50.9 Å². The van der Waals surface area contributed by atoms with E-state index in [4.69, 9.17) is 14.4 Å². The maximum Gasteiger partial charge on any atom is 0.491 e. The molecule has 8 heteroatoms. The fourth-order valence-corrected chi connectivity index (χ4v) is 3.02. The molecule has 0 aliphatic carbocycles. The highest BCUT2D eigenvalue weighted by molar-refractivity contribution is 8.13. The number of thioether (sulfide) groups is 1. The Labute approximate surface area is 157 Å². The van der Waals surface area contributed by atoms with Crippen molar-refractivity contribution in [3.05, 3.63) is 40.4 Å². The van der Waals surface area contributed by atoms with Crippen molar-refractivity contribution in [2.45, 2.75) is 52.4 Å². The molecule has 0 aromatic heterocycles. The molecule has 0 bridgehead atoms. The van der Waals surface area contributed by atoms with E-state index in [0.717, 1.165) is 23.9 Å². The number of carbonyl (C=O) groups excluding carboxylic acids is 1. The molecule has 1 saturated heterocycles. The summed E-state index contributed by atoms with van der Waals surface area (Å²) in [6, 6.07) is 2.27. The summed E-state index contributed by atoms with van der Waals surface area (Å²) in [6.07, 6.45) is 1.56. The zero-order chi connectivity index (χ0) is 19.7. The largest absolute Gasteiger partial charge is 0.491 e. The van der Waals surface area contributed by atoms with Crippen LogP contribution in [0.1, 0.15) is 45.7 Å². The van der Waals surface area contributed by atoms with Crippen LogP contribution in [0.25, 0.3) is 6.08 Å². The Morgan fingerprint density at radius 2 is 1.69 bits per heavy atom. The first-order chi connectivity index (χ1) is 12.0. The van der Waals surface area contributed by atoms with E-state index in [-0.39, 0.29) is 22.0 Å². The lowest BCUT2D eigenvalue weighted by atomic mass is 9.78. The summed E-state index contributed by atoms with van der Waals surface area (Å²) in [5.41, 5.74) is -0.660. The Morgan fingerprint density at radius 3 is 2.12 bits per heavy atom. The monoisotopic (exact) mass is 384 g/mol. The highest BCUT2D eigenvalue weighted by Crippen LogP contribution is 2.39. The van der Waals surface area contributed by atoms with Crippen molar-refractivity contribution in [3.8, 4) is 0 Å². The molecular weight excluding hydrogens is 361 g/mol. The predicted molar refractivity (Wildman–Crippen MR) is 99.5 cm³/mol. The van der Waals surface area contributed by atoms with Gasteiger partial charge in [0.05, 0.1) is 17.8 Å². The van der Waals surface area contributed by atoms with E-state index in [1.54, 1.807) is 6.08 Å². The standard InChI is InChI=1S/C18H23BF2O4S/c1-11(23)26-10-13(19-24-17(2,3)18(4,5)25-19)6-12-7-15(20)14(9-22)16(21)8-12/h6-8,22H,9-10H2,1-5H3. The molecule has 26 heavy (non-hydrogen) atoms. The van der Waals surface area contributed by atoms with Gasteiger partial charge in [0.25, 0.3) is 0 Å². The summed E-state index contributed by atoms with van der Waals surface area (Å²) in [7, 11) is -0.726. The third-order valence-corrected chi connectivity index (χ3v) is 5.56. The van der Waals surface area contributed by atoms with Crippen molar-refractivity contribution < 1.29 is 28.0 Å². The van der Waals surface area contributed by atoms with Crippen LogP contribution in [0.3, 0.4) is 0 Å². The number of benzene rings is 1. The molecule has 1 heterocycles. The normalized spacial score (nSPS) is 19.1. The van der Waals surface area contributed by atoms with Gasteiger partial charge in [-0.3, -0.25) is 4.79 Å². The van der Waals surface area contributed by atoms with Crippen molar-refractivity contribution in [1.29, 1.82) is 0 Å². The molecule has 2 rings (SSSR count). The second-order valence-corrected chi connectivity index (χ2v) is 8.36. The number of carbonyl (C=O) groups is 1. The van der Waals surface area contributed by atoms with Gasteiger partial charge in [0.15, 0.2) is 5.12 Å². The Balaban J connectivity index is 2.39. The van der Waals surface area contributed by atoms with Gasteiger partial charge in [-0.2, -0.15) is 0 Å². The quantitative estimate of drug-likeness (QED) is 0.784. The van der Waals surface area contributed by atoms with Gasteiger partial charge < -0.3 is 14.4 Å². The topological polar surface area (TPSA) is 55.8 Å². The van der Waals surface area contributed by atoms with Gasteiger partial charge >= 0.3 is 7.12 Å². The Kier molecular flexibility index (Phi) is 6.33. The Morgan fingerprint density at radius 1 is 1.19 bits per heavy atom. The lowest BCUT2D eigenvalue weighted by Crippen LogP contribution is -2.41. The molecule has 0 amide bonds. The summed E-state index contributed by atoms with van der Waals surface area (Å²) >= 11 is 1.07. The van der Waals surface area contributed by atoms with Crippen LogP contribution in [-0.2, 0) is 20.7 Å². The Hall–Kier alpha value is -1.22. The van der Waals surface area contributed by atoms with Crippen molar-refractivity contribution in [1.82, 2.24) is 0 Å². The zero-order valence-corrected chi connectivity index (χ0v) is 16.4. The van der Waals surface area contributed by atoms with Crippen LogP contribution in [0, 0.1) is 11.6 Å². The number of rotatable bonds is 5. The number of aliphatic hydroxyl groups is 1. The van der Waals surface area contributed by atoms with Crippen LogP contribution in [-0.4, -0.2) is 34.3 Å². The van der Waals surface area contributed by atoms with Gasteiger partial charge in [-0.15, -0.1) is 0 Å². The highest BCUT2D eigenvalue weighted by Gasteiger charge is 2.52. The fourth-order valence-electron chi connectivity index (χ4n) is 2.43. The Bertz CT molecular complexity index is 695. The first kappa shape index (κ1) is 21.1. The first-order valence-corrected chi connectivity index (χ1v) is 9.23. The molecule has 1 aromatic rings. The molecular formula is C18H23BF2O4S. The minimum Gasteiger partial charge on any atom is -0.400 e. The van der Waals surface area contributed by atoms with Crippen LogP contribution in [0.2, 0.25) is 0 Å². The lowest BCUT2D eigenvalue weighted by molar-refractivity contribution is -0.109. The first-order valence-electron chi connectivity index (χ1n) is 8.25. The summed E-state index contributed by atoms with van der Waals surface area (Å²) in [6.45, 7) is 8.33. The average Bonchev–Trinajstić information content (AvgIpc) is 2.71. The molecule has 0 unspecified atom stereocenters. The van der Waals surface area contributed by atoms with Gasteiger partial charge in [-0.25, -0.2) is 8.78 Å². The molecule has 0 radical (unpaired) electrons. The van der Waals surface area contributed by atoms with Gasteiger partial charge in [0.1, 0.15) is 11.6 Å². The van der Waals surface area contributed by atoms with Gasteiger partial charge in [0.2, 0.25) is 0 Å². The van der Waals surface area contributed by atoms with Crippen LogP contribution < -0.4 is 0 Å². The fraction of sp³-hybridized carbons (Fsp3) is 0.500. The summed E-state index contributed by atoms with van der Waals surface area (Å²) in [5, 5.41) is 8.95. The van der Waals surface area contributed by atoms with Crippen LogP contribution >= 0.6 is 11.8 Å². The molecule has 0 saturated carbocycles. The number of aliphatic hydroxyl groups excluding tert-OH is 1. The summed E-state index contributed by atoms with van der Waals surface area (Å²) in [5.74, 6) is -1.38. The number of halogens is 2. The van der Waals surface area contributed by atoms with Crippen LogP contribution in [0.15, 0.2) is 17.6 Å². The molecule has 0 spiro atoms. The lowest BCUT2D eigenvalue weighted by Gasteiger charge is -2.32. The summed E-state index contributed by atoms with van der Waals surface area (Å²) in [4.78, 5) is 11.4. The molecule has 142 valence electrons. The molecule has 4 nitrogen and oxygen atoms in total. The molecule has 0 atom stereocenters. The van der Waals surface area contributed by atoms with E-state index >= 15 is 0 Å². The third kappa shape index (κ3) is 4.54. The minimum absolute atomic E-state index is 0.0830. The molecule has 1 N–H and O–H groups in total. The van der Waals surface area contributed by atoms with Crippen LogP contribution in [0.4, 0.5) is 8.78 Å². The predicted octanol–water partition coefficient (Wildman–Crippen LogP) is 3.75. The molecule has 1 aromatic carbocycles. The smallest absolute Gasteiger partial charge is 0.400 e. The van der Waals surface area contributed by atoms with Crippen molar-refractivity contribution in [2.75, 3.05) is 5.75 Å². The van der Waals surface area contributed by atoms with E-state index in [1.807, 2.05) is 27.7 Å². The van der Waals surface area contributed by atoms with E-state index in [2.05, 4.69) is 0 Å². The van der Waals surface area contributed by atoms with Gasteiger partial charge in [-0.1, -0.05) is 17.8 Å². The van der Waals surface area contributed by atoms with Crippen LogP contribution in [0.5, 0.6) is 0 Å². The van der Waals surface area contributed by atoms with Crippen molar-refractivity contribution in [3.63, 3.8) is 0 Å². The third-order valence-electron chi connectivity index (χ3n) is 4.67. The summed E-state index contributed by atoms with van der Waals surface area (Å²) < 4.78 is 39.9. The molecule has 1 aliphatic heterocycles. The number of hydrogen-bond donors (Lipinski definition) is 1. The maximum absolute atomic E-state index is 13.9. The maximum atomic E-state index is 13.9. The molecule has 1 fully saturated rings. The molecule has 1 aliphatic rings.